The molecular formula is C17H15NO4S. The van der Waals surface area contributed by atoms with Gasteiger partial charge in [-0.05, 0) is 31.4 Å². The van der Waals surface area contributed by atoms with E-state index in [1.54, 1.807) is 13.8 Å². The van der Waals surface area contributed by atoms with Crippen molar-refractivity contribution >= 4 is 33.4 Å². The molecule has 1 aliphatic rings. The van der Waals surface area contributed by atoms with Crippen molar-refractivity contribution in [3.8, 4) is 0 Å². The summed E-state index contributed by atoms with van der Waals surface area (Å²) in [5.74, 6) is -2.99. The summed E-state index contributed by atoms with van der Waals surface area (Å²) in [6.45, 7) is 3.32. The lowest BCUT2D eigenvalue weighted by Crippen LogP contribution is -2.30. The van der Waals surface area contributed by atoms with Crippen molar-refractivity contribution in [3.05, 3.63) is 57.7 Å². The quantitative estimate of drug-likeness (QED) is 0.804. The molecule has 23 heavy (non-hydrogen) atoms. The summed E-state index contributed by atoms with van der Waals surface area (Å²) in [7, 11) is 0. The Balaban J connectivity index is 2.26. The number of thiophene rings is 1. The zero-order valence-electron chi connectivity index (χ0n) is 12.6. The van der Waals surface area contributed by atoms with Gasteiger partial charge in [-0.1, -0.05) is 18.2 Å². The van der Waals surface area contributed by atoms with Crippen molar-refractivity contribution in [2.75, 3.05) is 0 Å². The molecule has 0 amide bonds. The lowest BCUT2D eigenvalue weighted by molar-refractivity contribution is -0.133. The summed E-state index contributed by atoms with van der Waals surface area (Å²) in [5, 5.41) is 23.0. The van der Waals surface area contributed by atoms with Crippen molar-refractivity contribution in [1.29, 1.82) is 0 Å². The standard InChI is InChI=1S/C17H15NO4S/c1-8-13(16(19)20)15(14(17(21)22)9(2)18-8)12-7-10-5-3-4-6-11(10)23-12/h3-7,15,18H,1-2H3,(H,19,20)(H,21,22). The van der Waals surface area contributed by atoms with E-state index < -0.39 is 17.9 Å². The number of rotatable bonds is 3. The van der Waals surface area contributed by atoms with Gasteiger partial charge in [-0.2, -0.15) is 0 Å². The summed E-state index contributed by atoms with van der Waals surface area (Å²) in [6, 6.07) is 9.56. The highest BCUT2D eigenvalue weighted by molar-refractivity contribution is 7.19. The molecule has 0 saturated carbocycles. The number of fused-ring (bicyclic) bond motifs is 1. The van der Waals surface area contributed by atoms with Crippen LogP contribution in [-0.2, 0) is 9.59 Å². The molecule has 2 heterocycles. The largest absolute Gasteiger partial charge is 0.478 e. The highest BCUT2D eigenvalue weighted by Crippen LogP contribution is 2.42. The topological polar surface area (TPSA) is 86.6 Å². The number of aliphatic carboxylic acids is 2. The summed E-state index contributed by atoms with van der Waals surface area (Å²) in [4.78, 5) is 24.2. The molecule has 0 saturated heterocycles. The van der Waals surface area contributed by atoms with Gasteiger partial charge in [0.2, 0.25) is 0 Å². The van der Waals surface area contributed by atoms with E-state index in [-0.39, 0.29) is 11.1 Å². The van der Waals surface area contributed by atoms with Crippen LogP contribution in [0.2, 0.25) is 0 Å². The van der Waals surface area contributed by atoms with Gasteiger partial charge in [0.15, 0.2) is 0 Å². The number of carboxylic acid groups (broad SMARTS) is 2. The first-order valence-electron chi connectivity index (χ1n) is 7.03. The molecule has 6 heteroatoms. The highest BCUT2D eigenvalue weighted by atomic mass is 32.1. The predicted molar refractivity (Wildman–Crippen MR) is 88.4 cm³/mol. The summed E-state index contributed by atoms with van der Waals surface area (Å²) in [6.07, 6.45) is 0. The Morgan fingerprint density at radius 2 is 1.61 bits per heavy atom. The molecule has 1 aromatic carbocycles. The van der Waals surface area contributed by atoms with Crippen LogP contribution in [0.5, 0.6) is 0 Å². The molecule has 1 aliphatic heterocycles. The lowest BCUT2D eigenvalue weighted by atomic mass is 9.84. The van der Waals surface area contributed by atoms with Crippen molar-refractivity contribution in [2.45, 2.75) is 19.8 Å². The molecular weight excluding hydrogens is 314 g/mol. The Kier molecular flexibility index (Phi) is 3.69. The molecule has 3 N–H and O–H groups in total. The molecule has 2 aromatic rings. The van der Waals surface area contributed by atoms with Crippen molar-refractivity contribution in [1.82, 2.24) is 5.32 Å². The van der Waals surface area contributed by atoms with Crippen molar-refractivity contribution in [3.63, 3.8) is 0 Å². The molecule has 0 bridgehead atoms. The molecule has 5 nitrogen and oxygen atoms in total. The third-order valence-electron chi connectivity index (χ3n) is 3.95. The average molecular weight is 329 g/mol. The summed E-state index contributed by atoms with van der Waals surface area (Å²) < 4.78 is 1.01. The Labute approximate surface area is 136 Å². The van der Waals surface area contributed by atoms with Crippen LogP contribution in [0.4, 0.5) is 0 Å². The van der Waals surface area contributed by atoms with Gasteiger partial charge in [0.05, 0.1) is 17.1 Å². The van der Waals surface area contributed by atoms with Gasteiger partial charge in [0.25, 0.3) is 0 Å². The van der Waals surface area contributed by atoms with E-state index >= 15 is 0 Å². The van der Waals surface area contributed by atoms with Crippen LogP contribution in [0, 0.1) is 0 Å². The van der Waals surface area contributed by atoms with Crippen LogP contribution < -0.4 is 5.32 Å². The Morgan fingerprint density at radius 1 is 1.04 bits per heavy atom. The first-order valence-corrected chi connectivity index (χ1v) is 7.85. The molecule has 0 spiro atoms. The first-order chi connectivity index (χ1) is 10.9. The van der Waals surface area contributed by atoms with Gasteiger partial charge in [0.1, 0.15) is 0 Å². The first kappa shape index (κ1) is 15.3. The third kappa shape index (κ3) is 2.51. The minimum absolute atomic E-state index is 0.0829. The molecule has 0 fully saturated rings. The van der Waals surface area contributed by atoms with Gasteiger partial charge in [-0.15, -0.1) is 11.3 Å². The van der Waals surface area contributed by atoms with Gasteiger partial charge < -0.3 is 15.5 Å². The van der Waals surface area contributed by atoms with Gasteiger partial charge >= 0.3 is 11.9 Å². The van der Waals surface area contributed by atoms with Crippen LogP contribution in [0.25, 0.3) is 10.1 Å². The Morgan fingerprint density at radius 3 is 2.13 bits per heavy atom. The second kappa shape index (κ2) is 5.55. The minimum atomic E-state index is -1.11. The van der Waals surface area contributed by atoms with Gasteiger partial charge in [0, 0.05) is 21.0 Å². The number of nitrogens with one attached hydrogen (secondary N) is 1. The predicted octanol–water partition coefficient (Wildman–Crippen LogP) is 3.31. The molecule has 118 valence electrons. The third-order valence-corrected chi connectivity index (χ3v) is 5.13. The molecule has 3 rings (SSSR count). The second-order valence-corrected chi connectivity index (χ2v) is 6.55. The van der Waals surface area contributed by atoms with E-state index in [0.717, 1.165) is 15.0 Å². The van der Waals surface area contributed by atoms with Crippen LogP contribution in [-0.4, -0.2) is 22.2 Å². The van der Waals surface area contributed by atoms with Crippen LogP contribution >= 0.6 is 11.3 Å². The van der Waals surface area contributed by atoms with E-state index in [4.69, 9.17) is 0 Å². The van der Waals surface area contributed by atoms with Crippen LogP contribution in [0.15, 0.2) is 52.9 Å². The fourth-order valence-corrected chi connectivity index (χ4v) is 4.18. The zero-order valence-corrected chi connectivity index (χ0v) is 13.4. The Bertz CT molecular complexity index is 822. The molecule has 0 atom stereocenters. The minimum Gasteiger partial charge on any atom is -0.478 e. The number of allylic oxidation sites excluding steroid dienone is 2. The monoisotopic (exact) mass is 329 g/mol. The number of dihydropyridines is 1. The number of hydrogen-bond acceptors (Lipinski definition) is 4. The fraction of sp³-hybridized carbons (Fsp3) is 0.176. The summed E-state index contributed by atoms with van der Waals surface area (Å²) >= 11 is 1.43. The maximum Gasteiger partial charge on any atom is 0.334 e. The number of hydrogen-bond donors (Lipinski definition) is 3. The van der Waals surface area contributed by atoms with E-state index in [2.05, 4.69) is 5.32 Å². The maximum atomic E-state index is 11.7. The Hall–Kier alpha value is -2.60. The van der Waals surface area contributed by atoms with Crippen molar-refractivity contribution in [2.24, 2.45) is 0 Å². The SMILES string of the molecule is CC1=C(C(=O)O)C(c2cc3ccccc3s2)C(C(=O)O)=C(C)N1. The fourth-order valence-electron chi connectivity index (χ4n) is 2.99. The molecule has 1 aromatic heterocycles. The molecule has 0 unspecified atom stereocenters. The van der Waals surface area contributed by atoms with E-state index in [1.165, 1.54) is 11.3 Å². The average Bonchev–Trinajstić information content (AvgIpc) is 2.88. The van der Waals surface area contributed by atoms with Gasteiger partial charge in [-0.3, -0.25) is 0 Å². The highest BCUT2D eigenvalue weighted by Gasteiger charge is 2.37. The number of carboxylic acids is 2. The van der Waals surface area contributed by atoms with Crippen LogP contribution in [0.1, 0.15) is 24.6 Å². The normalized spacial score (nSPS) is 15.9. The second-order valence-electron chi connectivity index (χ2n) is 5.43. The van der Waals surface area contributed by atoms with E-state index in [1.807, 2.05) is 30.3 Å². The lowest BCUT2D eigenvalue weighted by Gasteiger charge is -2.27. The van der Waals surface area contributed by atoms with Crippen molar-refractivity contribution < 1.29 is 19.8 Å². The molecule has 0 radical (unpaired) electrons. The maximum absolute atomic E-state index is 11.7. The van der Waals surface area contributed by atoms with E-state index in [0.29, 0.717) is 11.4 Å². The summed E-state index contributed by atoms with van der Waals surface area (Å²) in [5.41, 5.74) is 1.11. The van der Waals surface area contributed by atoms with Crippen LogP contribution in [0.3, 0.4) is 0 Å². The smallest absolute Gasteiger partial charge is 0.334 e. The van der Waals surface area contributed by atoms with E-state index in [9.17, 15) is 19.8 Å². The molecule has 0 aliphatic carbocycles. The number of benzene rings is 1. The van der Waals surface area contributed by atoms with Gasteiger partial charge in [-0.25, -0.2) is 9.59 Å². The number of carbonyl (C=O) groups is 2. The zero-order chi connectivity index (χ0) is 16.7.